The number of urea groups is 1. The Balaban J connectivity index is 1.54. The second-order valence-electron chi connectivity index (χ2n) is 13.3. The first-order chi connectivity index (χ1) is 26.6. The van der Waals surface area contributed by atoms with Gasteiger partial charge >= 0.3 is 18.1 Å². The Morgan fingerprint density at radius 2 is 1.55 bits per heavy atom. The number of morpholine rings is 1. The van der Waals surface area contributed by atoms with Crippen LogP contribution in [0.3, 0.4) is 0 Å². The van der Waals surface area contributed by atoms with E-state index in [1.54, 1.807) is 29.2 Å². The minimum atomic E-state index is -2.07. The molecule has 2 saturated heterocycles. The number of cyclic esters (lactones) is 1. The summed E-state index contributed by atoms with van der Waals surface area (Å²) in [4.78, 5) is 72.3. The number of amides is 5. The number of hydrogen-bond acceptors (Lipinski definition) is 10. The van der Waals surface area contributed by atoms with Crippen molar-refractivity contribution >= 4 is 35.6 Å². The SMILES string of the molecule is COCCOC(=O)N1C(=O)[C@@]2(c3cc(C#CCNC(N)=O)ccc31)[C@H](c1ccc(O)cc1)N1[C@H](c3ccccc3)[C@H](c3ccccc3)OC(=O)[C@H]1[C@@H]2C(N)=O. The van der Waals surface area contributed by atoms with Gasteiger partial charge in [0.25, 0.3) is 0 Å². The molecule has 0 aliphatic carbocycles. The van der Waals surface area contributed by atoms with Gasteiger partial charge < -0.3 is 36.1 Å². The molecule has 0 aromatic heterocycles. The Morgan fingerprint density at radius 1 is 0.873 bits per heavy atom. The molecule has 0 saturated carbocycles. The van der Waals surface area contributed by atoms with Crippen LogP contribution in [-0.2, 0) is 34.0 Å². The van der Waals surface area contributed by atoms with Crippen molar-refractivity contribution in [1.82, 2.24) is 10.2 Å². The fourth-order valence-electron chi connectivity index (χ4n) is 8.21. The van der Waals surface area contributed by atoms with Gasteiger partial charge in [-0.05, 0) is 52.6 Å². The second kappa shape index (κ2) is 15.0. The quantitative estimate of drug-likeness (QED) is 0.118. The van der Waals surface area contributed by atoms with Gasteiger partial charge in [0.2, 0.25) is 11.8 Å². The van der Waals surface area contributed by atoms with Gasteiger partial charge in [0.05, 0.1) is 36.8 Å². The smallest absolute Gasteiger partial charge is 0.421 e. The predicted molar refractivity (Wildman–Crippen MR) is 197 cm³/mol. The summed E-state index contributed by atoms with van der Waals surface area (Å²) in [6.07, 6.45) is -1.96. The number of esters is 1. The lowest BCUT2D eigenvalue weighted by Crippen LogP contribution is -2.55. The molecule has 4 aromatic rings. The van der Waals surface area contributed by atoms with Gasteiger partial charge in [0.1, 0.15) is 29.9 Å². The minimum absolute atomic E-state index is 0.0427. The fourth-order valence-corrected chi connectivity index (χ4v) is 8.21. The van der Waals surface area contributed by atoms with Crippen molar-refractivity contribution in [3.05, 3.63) is 131 Å². The van der Waals surface area contributed by atoms with E-state index in [1.807, 2.05) is 60.7 Å². The van der Waals surface area contributed by atoms with E-state index in [1.165, 1.54) is 25.3 Å². The fraction of sp³-hybridized carbons (Fsp3) is 0.244. The highest BCUT2D eigenvalue weighted by Gasteiger charge is 2.75. The number of aromatic hydroxyl groups is 1. The third kappa shape index (κ3) is 6.29. The molecule has 280 valence electrons. The third-order valence-corrected chi connectivity index (χ3v) is 10.3. The monoisotopic (exact) mass is 743 g/mol. The Kier molecular flexibility index (Phi) is 9.98. The Bertz CT molecular complexity index is 2210. The van der Waals surface area contributed by atoms with Crippen LogP contribution in [0.2, 0.25) is 0 Å². The summed E-state index contributed by atoms with van der Waals surface area (Å²) >= 11 is 0. The number of phenols is 1. The van der Waals surface area contributed by atoms with Crippen molar-refractivity contribution in [2.45, 2.75) is 29.6 Å². The van der Waals surface area contributed by atoms with Crippen LogP contribution >= 0.6 is 0 Å². The first-order valence-corrected chi connectivity index (χ1v) is 17.4. The molecule has 14 heteroatoms. The average Bonchev–Trinajstić information content (AvgIpc) is 3.64. The number of hydrogen-bond donors (Lipinski definition) is 4. The highest BCUT2D eigenvalue weighted by Crippen LogP contribution is 2.65. The molecule has 6 N–H and O–H groups in total. The molecule has 5 amide bonds. The van der Waals surface area contributed by atoms with E-state index in [2.05, 4.69) is 17.2 Å². The van der Waals surface area contributed by atoms with Gasteiger partial charge in [-0.3, -0.25) is 19.3 Å². The van der Waals surface area contributed by atoms with E-state index in [-0.39, 0.29) is 36.8 Å². The first kappa shape index (κ1) is 36.7. The second-order valence-corrected chi connectivity index (χ2v) is 13.3. The summed E-state index contributed by atoms with van der Waals surface area (Å²) in [5, 5.41) is 12.8. The molecule has 14 nitrogen and oxygen atoms in total. The zero-order valence-electron chi connectivity index (χ0n) is 29.6. The van der Waals surface area contributed by atoms with E-state index in [9.17, 15) is 24.3 Å². The lowest BCUT2D eigenvalue weighted by molar-refractivity contribution is -0.178. The van der Waals surface area contributed by atoms with E-state index in [0.717, 1.165) is 4.90 Å². The first-order valence-electron chi connectivity index (χ1n) is 17.4. The summed E-state index contributed by atoms with van der Waals surface area (Å²) in [6, 6.07) is 24.9. The molecular weight excluding hydrogens is 706 g/mol. The van der Waals surface area contributed by atoms with Crippen molar-refractivity contribution in [3.8, 4) is 17.6 Å². The van der Waals surface area contributed by atoms with Crippen LogP contribution in [-0.4, -0.2) is 72.8 Å². The number of carbonyl (C=O) groups excluding carboxylic acids is 5. The van der Waals surface area contributed by atoms with Crippen molar-refractivity contribution in [2.75, 3.05) is 31.8 Å². The number of carbonyl (C=O) groups is 5. The van der Waals surface area contributed by atoms with Crippen molar-refractivity contribution in [3.63, 3.8) is 0 Å². The molecule has 6 atom stereocenters. The number of nitrogens with zero attached hydrogens (tertiary/aromatic N) is 2. The number of rotatable bonds is 8. The zero-order valence-corrected chi connectivity index (χ0v) is 29.6. The van der Waals surface area contributed by atoms with Crippen molar-refractivity contribution in [2.24, 2.45) is 17.4 Å². The minimum Gasteiger partial charge on any atom is -0.508 e. The zero-order chi connectivity index (χ0) is 38.9. The molecule has 4 aromatic carbocycles. The molecule has 7 rings (SSSR count). The highest BCUT2D eigenvalue weighted by atomic mass is 16.6. The molecule has 2 fully saturated rings. The van der Waals surface area contributed by atoms with Crippen molar-refractivity contribution < 1.29 is 43.3 Å². The molecule has 0 unspecified atom stereocenters. The number of methoxy groups -OCH3 is 1. The number of fused-ring (bicyclic) bond motifs is 3. The van der Waals surface area contributed by atoms with Gasteiger partial charge in [-0.1, -0.05) is 84.6 Å². The summed E-state index contributed by atoms with van der Waals surface area (Å²) in [5.74, 6) is 1.42. The third-order valence-electron chi connectivity index (χ3n) is 10.3. The normalized spacial score (nSPS) is 23.9. The molecule has 1 spiro atoms. The summed E-state index contributed by atoms with van der Waals surface area (Å²) in [6.45, 7) is -0.231. The summed E-state index contributed by atoms with van der Waals surface area (Å²) < 4.78 is 16.8. The van der Waals surface area contributed by atoms with Crippen LogP contribution < -0.4 is 21.7 Å². The van der Waals surface area contributed by atoms with E-state index in [4.69, 9.17) is 25.7 Å². The van der Waals surface area contributed by atoms with Gasteiger partial charge in [-0.15, -0.1) is 0 Å². The molecule has 55 heavy (non-hydrogen) atoms. The number of nitrogens with one attached hydrogen (secondary N) is 1. The molecule has 3 aliphatic rings. The Labute approximate surface area is 315 Å². The van der Waals surface area contributed by atoms with Crippen molar-refractivity contribution in [1.29, 1.82) is 0 Å². The topological polar surface area (TPSA) is 204 Å². The largest absolute Gasteiger partial charge is 0.508 e. The predicted octanol–water partition coefficient (Wildman–Crippen LogP) is 3.35. The molecule has 3 heterocycles. The maximum absolute atomic E-state index is 15.6. The lowest BCUT2D eigenvalue weighted by Gasteiger charge is -2.46. The Hall–Kier alpha value is -6.69. The number of nitrogens with two attached hydrogens (primary N) is 2. The van der Waals surface area contributed by atoms with E-state index >= 15 is 4.79 Å². The molecule has 0 bridgehead atoms. The number of imide groups is 1. The van der Waals surface area contributed by atoms with Crippen LogP contribution in [0, 0.1) is 17.8 Å². The number of anilines is 1. The average molecular weight is 744 g/mol. The summed E-state index contributed by atoms with van der Waals surface area (Å²) in [7, 11) is 1.43. The van der Waals surface area contributed by atoms with Crippen LogP contribution in [0.1, 0.15) is 46.0 Å². The molecule has 0 radical (unpaired) electrons. The number of phenolic OH excluding ortho intramolecular Hbond substituents is 1. The van der Waals surface area contributed by atoms with Gasteiger partial charge in [-0.2, -0.15) is 0 Å². The van der Waals surface area contributed by atoms with Crippen LogP contribution in [0.15, 0.2) is 103 Å². The molecular formula is C41H37N5O9. The molecule has 3 aliphatic heterocycles. The lowest BCUT2D eigenvalue weighted by atomic mass is 9.65. The van der Waals surface area contributed by atoms with Gasteiger partial charge in [0.15, 0.2) is 0 Å². The van der Waals surface area contributed by atoms with Gasteiger partial charge in [0, 0.05) is 12.7 Å². The number of benzene rings is 4. The number of ether oxygens (including phenoxy) is 3. The maximum atomic E-state index is 15.6. The van der Waals surface area contributed by atoms with E-state index in [0.29, 0.717) is 22.3 Å². The standard InChI is InChI=1S/C41H37N5O9/c1-53-21-22-54-40(52)45-30-19-14-24(9-8-20-44-39(43)51)23-29(30)41(38(45)50)31(36(42)48)33-37(49)55-34(26-12-6-3-7-13-26)32(25-10-4-2-5-11-25)46(33)35(41)27-15-17-28(47)18-16-27/h2-7,10-19,23,31-35,47H,20-22H2,1H3,(H2,42,48)(H3,43,44,51)/t31-,32-,33-,34+,35+,41-/m1/s1. The summed E-state index contributed by atoms with van der Waals surface area (Å²) in [5.41, 5.74) is 11.9. The van der Waals surface area contributed by atoms with E-state index < -0.39 is 65.5 Å². The number of primary amides is 2. The van der Waals surface area contributed by atoms with Crippen LogP contribution in [0.5, 0.6) is 5.75 Å². The highest BCUT2D eigenvalue weighted by molar-refractivity contribution is 6.23. The van der Waals surface area contributed by atoms with Crippen LogP contribution in [0.25, 0.3) is 0 Å². The van der Waals surface area contributed by atoms with Gasteiger partial charge in [-0.25, -0.2) is 14.5 Å². The van der Waals surface area contributed by atoms with Crippen LogP contribution in [0.4, 0.5) is 15.3 Å². The maximum Gasteiger partial charge on any atom is 0.421 e. The Morgan fingerprint density at radius 3 is 2.18 bits per heavy atom.